The third kappa shape index (κ3) is 1.72. The van der Waals surface area contributed by atoms with Crippen molar-refractivity contribution in [3.63, 3.8) is 0 Å². The van der Waals surface area contributed by atoms with Crippen LogP contribution in [0.4, 0.5) is 0 Å². The number of rotatable bonds is 1. The Morgan fingerprint density at radius 3 is 2.60 bits per heavy atom. The molecule has 0 aliphatic carbocycles. The van der Waals surface area contributed by atoms with E-state index in [9.17, 15) is 0 Å². The average molecular weight is 143 g/mol. The Bertz CT molecular complexity index is 110. The molecule has 2 unspecified atom stereocenters. The van der Waals surface area contributed by atoms with Gasteiger partial charge in [-0.05, 0) is 26.3 Å². The van der Waals surface area contributed by atoms with Crippen molar-refractivity contribution in [2.24, 2.45) is 0 Å². The maximum atomic E-state index is 8.86. The number of hydrogen-bond donors (Lipinski definition) is 3. The normalized spacial score (nSPS) is 33.9. The van der Waals surface area contributed by atoms with E-state index in [0.717, 1.165) is 19.4 Å². The van der Waals surface area contributed by atoms with Crippen LogP contribution in [0.15, 0.2) is 0 Å². The first-order valence-electron chi connectivity index (χ1n) is 3.81. The molecule has 2 atom stereocenters. The predicted octanol–water partition coefficient (Wildman–Crippen LogP) is -0.399. The molecule has 1 aliphatic heterocycles. The second-order valence-corrected chi connectivity index (χ2v) is 2.96. The molecule has 1 heterocycles. The topological polar surface area (TPSA) is 52.5 Å². The Morgan fingerprint density at radius 1 is 1.50 bits per heavy atom. The van der Waals surface area contributed by atoms with Gasteiger partial charge in [-0.2, -0.15) is 0 Å². The summed E-state index contributed by atoms with van der Waals surface area (Å²) in [4.78, 5) is 0. The minimum Gasteiger partial charge on any atom is -0.427 e. The van der Waals surface area contributed by atoms with Crippen LogP contribution in [0.3, 0.4) is 0 Å². The van der Waals surface area contributed by atoms with Crippen molar-refractivity contribution in [3.05, 3.63) is 0 Å². The number of nitrogens with one attached hydrogen (secondary N) is 1. The average Bonchev–Trinajstić information content (AvgIpc) is 1.88. The Kier molecular flexibility index (Phi) is 2.71. The van der Waals surface area contributed by atoms with Gasteiger partial charge in [0.25, 0.3) is 0 Å². The molecule has 3 nitrogen and oxygen atoms in total. The van der Waals surface area contributed by atoms with Gasteiger partial charge < -0.3 is 15.4 Å². The summed E-state index contributed by atoms with van der Waals surface area (Å²) in [6.45, 7) is 2.99. The fourth-order valence-corrected chi connectivity index (χ4v) is 1.48. The van der Waals surface area contributed by atoms with Crippen molar-refractivity contribution in [1.29, 1.82) is 0 Å². The van der Waals surface area contributed by atoms with Crippen LogP contribution in [0.1, 0.15) is 19.8 Å². The largest absolute Gasteiger partial charge is 0.456 e. The lowest BCUT2D eigenvalue weighted by Gasteiger charge is -2.28. The first kappa shape index (κ1) is 8.05. The molecule has 0 aromatic heterocycles. The van der Waals surface area contributed by atoms with Crippen LogP contribution in [0.5, 0.6) is 0 Å². The van der Waals surface area contributed by atoms with Gasteiger partial charge in [0.05, 0.1) is 0 Å². The van der Waals surface area contributed by atoms with Gasteiger partial charge in [0, 0.05) is 11.9 Å². The van der Waals surface area contributed by atoms with E-state index in [4.69, 9.17) is 10.0 Å². The minimum atomic E-state index is -1.15. The molecular formula is C6H14BNO2. The van der Waals surface area contributed by atoms with Crippen molar-refractivity contribution < 1.29 is 10.0 Å². The van der Waals surface area contributed by atoms with Crippen LogP contribution in [-0.4, -0.2) is 29.8 Å². The highest BCUT2D eigenvalue weighted by Crippen LogP contribution is 2.22. The van der Waals surface area contributed by atoms with Gasteiger partial charge in [0.1, 0.15) is 0 Å². The second-order valence-electron chi connectivity index (χ2n) is 2.96. The second kappa shape index (κ2) is 3.37. The highest BCUT2D eigenvalue weighted by molar-refractivity contribution is 6.43. The molecule has 3 N–H and O–H groups in total. The zero-order valence-corrected chi connectivity index (χ0v) is 6.25. The van der Waals surface area contributed by atoms with Gasteiger partial charge in [-0.15, -0.1) is 0 Å². The Balaban J connectivity index is 2.40. The number of hydrogen-bond acceptors (Lipinski definition) is 3. The molecule has 0 amide bonds. The van der Waals surface area contributed by atoms with E-state index >= 15 is 0 Å². The molecule has 1 saturated heterocycles. The van der Waals surface area contributed by atoms with Gasteiger partial charge >= 0.3 is 7.12 Å². The third-order valence-electron chi connectivity index (χ3n) is 2.21. The fourth-order valence-electron chi connectivity index (χ4n) is 1.48. The zero-order chi connectivity index (χ0) is 7.56. The smallest absolute Gasteiger partial charge is 0.427 e. The van der Waals surface area contributed by atoms with Crippen molar-refractivity contribution in [2.45, 2.75) is 31.6 Å². The summed E-state index contributed by atoms with van der Waals surface area (Å²) in [6.07, 6.45) is 1.97. The molecule has 1 aliphatic rings. The molecule has 1 fully saturated rings. The van der Waals surface area contributed by atoms with Crippen LogP contribution in [0, 0.1) is 0 Å². The molecule has 0 bridgehead atoms. The van der Waals surface area contributed by atoms with Gasteiger partial charge in [0.15, 0.2) is 0 Å². The standard InChI is InChI=1S/C6H14BNO2/c1-5-6(7(9)10)3-2-4-8-5/h5-6,8-10H,2-4H2,1H3. The minimum absolute atomic E-state index is 0.0220. The lowest BCUT2D eigenvalue weighted by atomic mass is 9.65. The monoisotopic (exact) mass is 143 g/mol. The van der Waals surface area contributed by atoms with E-state index in [1.165, 1.54) is 0 Å². The van der Waals surface area contributed by atoms with Gasteiger partial charge in [-0.3, -0.25) is 0 Å². The van der Waals surface area contributed by atoms with Crippen LogP contribution in [0.2, 0.25) is 5.82 Å². The number of piperidine rings is 1. The van der Waals surface area contributed by atoms with E-state index < -0.39 is 7.12 Å². The summed E-state index contributed by atoms with van der Waals surface area (Å²) >= 11 is 0. The maximum absolute atomic E-state index is 8.86. The first-order valence-corrected chi connectivity index (χ1v) is 3.81. The van der Waals surface area contributed by atoms with Gasteiger partial charge in [-0.25, -0.2) is 0 Å². The molecule has 1 rings (SSSR count). The fraction of sp³-hybridized carbons (Fsp3) is 1.00. The quantitative estimate of drug-likeness (QED) is 0.438. The SMILES string of the molecule is CC1NCCCC1B(O)O. The van der Waals surface area contributed by atoms with E-state index in [-0.39, 0.29) is 11.9 Å². The highest BCUT2D eigenvalue weighted by Gasteiger charge is 2.30. The molecule has 0 radical (unpaired) electrons. The zero-order valence-electron chi connectivity index (χ0n) is 6.25. The summed E-state index contributed by atoms with van der Waals surface area (Å²) in [5.41, 5.74) is 0. The Hall–Kier alpha value is -0.0551. The van der Waals surface area contributed by atoms with Gasteiger partial charge in [-0.1, -0.05) is 0 Å². The van der Waals surface area contributed by atoms with E-state index in [2.05, 4.69) is 5.32 Å². The molecule has 58 valence electrons. The van der Waals surface area contributed by atoms with E-state index in [1.807, 2.05) is 6.92 Å². The van der Waals surface area contributed by atoms with Crippen LogP contribution >= 0.6 is 0 Å². The predicted molar refractivity (Wildman–Crippen MR) is 40.6 cm³/mol. The highest BCUT2D eigenvalue weighted by atomic mass is 16.4. The van der Waals surface area contributed by atoms with Crippen LogP contribution < -0.4 is 5.32 Å². The first-order chi connectivity index (χ1) is 4.72. The van der Waals surface area contributed by atoms with Crippen molar-refractivity contribution in [2.75, 3.05) is 6.54 Å². The molecule has 4 heteroatoms. The Morgan fingerprint density at radius 2 is 2.20 bits per heavy atom. The lowest BCUT2D eigenvalue weighted by Crippen LogP contribution is -2.42. The summed E-state index contributed by atoms with van der Waals surface area (Å²) < 4.78 is 0. The Labute approximate surface area is 61.6 Å². The summed E-state index contributed by atoms with van der Waals surface area (Å²) in [7, 11) is -1.15. The summed E-state index contributed by atoms with van der Waals surface area (Å²) in [5.74, 6) is 0.0220. The van der Waals surface area contributed by atoms with E-state index in [0.29, 0.717) is 0 Å². The van der Waals surface area contributed by atoms with Gasteiger partial charge in [0.2, 0.25) is 0 Å². The van der Waals surface area contributed by atoms with Crippen LogP contribution in [0.25, 0.3) is 0 Å². The molecule has 0 spiro atoms. The summed E-state index contributed by atoms with van der Waals surface area (Å²) in [5, 5.41) is 20.9. The third-order valence-corrected chi connectivity index (χ3v) is 2.21. The molecular weight excluding hydrogens is 129 g/mol. The van der Waals surface area contributed by atoms with Crippen molar-refractivity contribution in [1.82, 2.24) is 5.32 Å². The summed E-state index contributed by atoms with van der Waals surface area (Å²) in [6, 6.07) is 0.244. The molecule has 0 aromatic rings. The molecule has 0 saturated carbocycles. The van der Waals surface area contributed by atoms with Crippen LogP contribution in [-0.2, 0) is 0 Å². The lowest BCUT2D eigenvalue weighted by molar-refractivity contribution is 0.324. The molecule has 0 aromatic carbocycles. The van der Waals surface area contributed by atoms with Crippen molar-refractivity contribution in [3.8, 4) is 0 Å². The molecule has 10 heavy (non-hydrogen) atoms. The van der Waals surface area contributed by atoms with Crippen molar-refractivity contribution >= 4 is 7.12 Å². The van der Waals surface area contributed by atoms with E-state index in [1.54, 1.807) is 0 Å². The maximum Gasteiger partial charge on any atom is 0.456 e.